The molecule has 3 aromatic rings. The maximum atomic E-state index is 12.3. The monoisotopic (exact) mass is 369 g/mol. The zero-order valence-corrected chi connectivity index (χ0v) is 14.7. The van der Waals surface area contributed by atoms with Crippen molar-refractivity contribution in [3.63, 3.8) is 0 Å². The highest BCUT2D eigenvalue weighted by Crippen LogP contribution is 2.26. The van der Waals surface area contributed by atoms with E-state index >= 15 is 0 Å². The van der Waals surface area contributed by atoms with E-state index in [0.29, 0.717) is 17.0 Å². The molecule has 2 heterocycles. The third-order valence-electron chi connectivity index (χ3n) is 3.41. The van der Waals surface area contributed by atoms with Crippen LogP contribution in [-0.4, -0.2) is 35.9 Å². The SMILES string of the molecule is COc1ccc(-c2csc(NC(=O)c3ccc(OCC=O)nc3)n2)cc1. The smallest absolute Gasteiger partial charge is 0.259 e. The molecule has 0 radical (unpaired) electrons. The Bertz CT molecular complexity index is 892. The summed E-state index contributed by atoms with van der Waals surface area (Å²) in [5, 5.41) is 5.10. The van der Waals surface area contributed by atoms with Crippen LogP contribution in [-0.2, 0) is 4.79 Å². The molecular weight excluding hydrogens is 354 g/mol. The summed E-state index contributed by atoms with van der Waals surface area (Å²) in [5.74, 6) is 0.727. The zero-order chi connectivity index (χ0) is 18.4. The van der Waals surface area contributed by atoms with E-state index in [2.05, 4.69) is 15.3 Å². The van der Waals surface area contributed by atoms with Crippen molar-refractivity contribution in [2.24, 2.45) is 0 Å². The molecule has 0 saturated heterocycles. The molecule has 2 aromatic heterocycles. The lowest BCUT2D eigenvalue weighted by atomic mass is 10.2. The van der Waals surface area contributed by atoms with Crippen LogP contribution >= 0.6 is 11.3 Å². The Balaban J connectivity index is 1.66. The molecule has 8 heteroatoms. The van der Waals surface area contributed by atoms with Crippen LogP contribution in [0.25, 0.3) is 11.3 Å². The fraction of sp³-hybridized carbons (Fsp3) is 0.111. The molecule has 0 aliphatic carbocycles. The van der Waals surface area contributed by atoms with Crippen molar-refractivity contribution in [2.75, 3.05) is 19.0 Å². The maximum absolute atomic E-state index is 12.3. The van der Waals surface area contributed by atoms with Gasteiger partial charge >= 0.3 is 0 Å². The van der Waals surface area contributed by atoms with Gasteiger partial charge in [-0.05, 0) is 30.3 Å². The number of hydrogen-bond acceptors (Lipinski definition) is 7. The Kier molecular flexibility index (Phi) is 5.55. The normalized spacial score (nSPS) is 10.2. The van der Waals surface area contributed by atoms with Crippen LogP contribution in [0.4, 0.5) is 5.13 Å². The van der Waals surface area contributed by atoms with Crippen LogP contribution in [0.1, 0.15) is 10.4 Å². The van der Waals surface area contributed by atoms with Gasteiger partial charge in [0.2, 0.25) is 5.88 Å². The predicted molar refractivity (Wildman–Crippen MR) is 97.9 cm³/mol. The van der Waals surface area contributed by atoms with Gasteiger partial charge in [-0.3, -0.25) is 14.9 Å². The van der Waals surface area contributed by atoms with Crippen molar-refractivity contribution < 1.29 is 19.1 Å². The predicted octanol–water partition coefficient (Wildman–Crippen LogP) is 3.04. The highest BCUT2D eigenvalue weighted by Gasteiger charge is 2.11. The molecule has 7 nitrogen and oxygen atoms in total. The number of nitrogens with zero attached hydrogens (tertiary/aromatic N) is 2. The summed E-state index contributed by atoms with van der Waals surface area (Å²) in [6.07, 6.45) is 2.01. The first kappa shape index (κ1) is 17.6. The van der Waals surface area contributed by atoms with E-state index in [1.807, 2.05) is 29.6 Å². The minimum atomic E-state index is -0.324. The number of carbonyl (C=O) groups excluding carboxylic acids is 2. The molecule has 1 amide bonds. The fourth-order valence-corrected chi connectivity index (χ4v) is 2.83. The lowest BCUT2D eigenvalue weighted by Crippen LogP contribution is -2.12. The number of nitrogens with one attached hydrogen (secondary N) is 1. The Morgan fingerprint density at radius 3 is 2.69 bits per heavy atom. The van der Waals surface area contributed by atoms with Gasteiger partial charge in [0.05, 0.1) is 18.4 Å². The number of methoxy groups -OCH3 is 1. The fourth-order valence-electron chi connectivity index (χ4n) is 2.11. The number of ether oxygens (including phenoxy) is 2. The molecule has 132 valence electrons. The molecule has 0 aliphatic rings. The summed E-state index contributed by atoms with van der Waals surface area (Å²) in [6, 6.07) is 10.6. The number of anilines is 1. The van der Waals surface area contributed by atoms with Gasteiger partial charge in [0.1, 0.15) is 12.4 Å². The number of hydrogen-bond donors (Lipinski definition) is 1. The van der Waals surface area contributed by atoms with Gasteiger partial charge in [-0.2, -0.15) is 0 Å². The van der Waals surface area contributed by atoms with Gasteiger partial charge in [-0.15, -0.1) is 11.3 Å². The number of rotatable bonds is 7. The van der Waals surface area contributed by atoms with E-state index in [4.69, 9.17) is 9.47 Å². The van der Waals surface area contributed by atoms with Gasteiger partial charge in [0.25, 0.3) is 5.91 Å². The highest BCUT2D eigenvalue weighted by atomic mass is 32.1. The van der Waals surface area contributed by atoms with Crippen molar-refractivity contribution in [3.05, 3.63) is 53.5 Å². The maximum Gasteiger partial charge on any atom is 0.259 e. The summed E-state index contributed by atoms with van der Waals surface area (Å²) in [6.45, 7) is -0.0776. The number of benzene rings is 1. The van der Waals surface area contributed by atoms with Gasteiger partial charge in [-0.1, -0.05) is 0 Å². The first-order valence-corrected chi connectivity index (χ1v) is 8.51. The summed E-state index contributed by atoms with van der Waals surface area (Å²) in [7, 11) is 1.61. The van der Waals surface area contributed by atoms with Crippen LogP contribution in [0.5, 0.6) is 11.6 Å². The standard InChI is InChI=1S/C18H15N3O4S/c1-24-14-5-2-12(3-6-14)15-11-26-18(20-15)21-17(23)13-4-7-16(19-10-13)25-9-8-22/h2-8,10-11H,9H2,1H3,(H,20,21,23). The van der Waals surface area contributed by atoms with Crippen LogP contribution in [0.2, 0.25) is 0 Å². The van der Waals surface area contributed by atoms with Crippen molar-refractivity contribution in [3.8, 4) is 22.9 Å². The minimum Gasteiger partial charge on any atom is -0.497 e. The second-order valence-electron chi connectivity index (χ2n) is 5.08. The molecule has 26 heavy (non-hydrogen) atoms. The lowest BCUT2D eigenvalue weighted by Gasteiger charge is -2.04. The van der Waals surface area contributed by atoms with E-state index in [9.17, 15) is 9.59 Å². The molecular formula is C18H15N3O4S. The van der Waals surface area contributed by atoms with Crippen molar-refractivity contribution in [1.82, 2.24) is 9.97 Å². The molecule has 0 spiro atoms. The molecule has 0 fully saturated rings. The zero-order valence-electron chi connectivity index (χ0n) is 13.8. The van der Waals surface area contributed by atoms with Gasteiger partial charge in [-0.25, -0.2) is 9.97 Å². The quantitative estimate of drug-likeness (QED) is 0.644. The summed E-state index contributed by atoms with van der Waals surface area (Å²) in [4.78, 5) is 30.9. The second kappa shape index (κ2) is 8.21. The minimum absolute atomic E-state index is 0.0776. The van der Waals surface area contributed by atoms with E-state index in [1.54, 1.807) is 13.2 Å². The number of aldehydes is 1. The van der Waals surface area contributed by atoms with E-state index in [1.165, 1.54) is 23.6 Å². The molecule has 1 aromatic carbocycles. The third-order valence-corrected chi connectivity index (χ3v) is 4.17. The molecule has 3 rings (SSSR count). The van der Waals surface area contributed by atoms with Crippen molar-refractivity contribution in [2.45, 2.75) is 0 Å². The van der Waals surface area contributed by atoms with E-state index in [0.717, 1.165) is 17.0 Å². The van der Waals surface area contributed by atoms with Crippen LogP contribution in [0.15, 0.2) is 48.0 Å². The average Bonchev–Trinajstić information content (AvgIpc) is 3.15. The van der Waals surface area contributed by atoms with Crippen LogP contribution < -0.4 is 14.8 Å². The Morgan fingerprint density at radius 1 is 1.23 bits per heavy atom. The number of aromatic nitrogens is 2. The number of thiazole rings is 1. The third kappa shape index (κ3) is 4.22. The number of carbonyl (C=O) groups is 2. The van der Waals surface area contributed by atoms with Crippen LogP contribution in [0.3, 0.4) is 0 Å². The summed E-state index contributed by atoms with van der Waals surface area (Å²) < 4.78 is 10.2. The van der Waals surface area contributed by atoms with Crippen molar-refractivity contribution >= 4 is 28.7 Å². The second-order valence-corrected chi connectivity index (χ2v) is 5.94. The topological polar surface area (TPSA) is 90.4 Å². The molecule has 0 bridgehead atoms. The van der Waals surface area contributed by atoms with Gasteiger partial charge < -0.3 is 9.47 Å². The molecule has 0 atom stereocenters. The first-order valence-electron chi connectivity index (χ1n) is 7.63. The Hall–Kier alpha value is -3.26. The van der Waals surface area contributed by atoms with Crippen LogP contribution in [0, 0.1) is 0 Å². The Labute approximate surface area is 153 Å². The summed E-state index contributed by atoms with van der Waals surface area (Å²) in [5.41, 5.74) is 2.06. The number of amides is 1. The lowest BCUT2D eigenvalue weighted by molar-refractivity contribution is -0.109. The van der Waals surface area contributed by atoms with E-state index in [-0.39, 0.29) is 18.4 Å². The summed E-state index contributed by atoms with van der Waals surface area (Å²) >= 11 is 1.33. The molecule has 0 saturated carbocycles. The molecule has 0 unspecified atom stereocenters. The van der Waals surface area contributed by atoms with E-state index < -0.39 is 0 Å². The average molecular weight is 369 g/mol. The molecule has 1 N–H and O–H groups in total. The Morgan fingerprint density at radius 2 is 2.04 bits per heavy atom. The molecule has 0 aliphatic heterocycles. The highest BCUT2D eigenvalue weighted by molar-refractivity contribution is 7.14. The number of pyridine rings is 1. The van der Waals surface area contributed by atoms with Crippen molar-refractivity contribution in [1.29, 1.82) is 0 Å². The first-order chi connectivity index (χ1) is 12.7. The van der Waals surface area contributed by atoms with Gasteiger partial charge in [0.15, 0.2) is 11.4 Å². The van der Waals surface area contributed by atoms with Gasteiger partial charge in [0, 0.05) is 23.2 Å². The largest absolute Gasteiger partial charge is 0.497 e.